The number of allylic oxidation sites excluding steroid dienone is 2. The normalized spacial score (nSPS) is 16.3. The number of aromatic nitrogens is 1. The third-order valence-electron chi connectivity index (χ3n) is 3.01. The van der Waals surface area contributed by atoms with E-state index in [1.807, 2.05) is 12.3 Å². The molecule has 0 aromatic carbocycles. The zero-order valence-corrected chi connectivity index (χ0v) is 10.7. The number of pyridine rings is 1. The van der Waals surface area contributed by atoms with E-state index in [0.29, 0.717) is 6.42 Å². The number of halogens is 1. The number of nitrogens with zero attached hydrogens (tertiary/aromatic N) is 1. The van der Waals surface area contributed by atoms with Crippen molar-refractivity contribution in [2.75, 3.05) is 0 Å². The smallest absolute Gasteiger partial charge is 0.124 e. The predicted octanol–water partition coefficient (Wildman–Crippen LogP) is 3.76. The van der Waals surface area contributed by atoms with E-state index < -0.39 is 0 Å². The first-order chi connectivity index (χ1) is 7.83. The van der Waals surface area contributed by atoms with Crippen molar-refractivity contribution in [2.24, 2.45) is 0 Å². The molecule has 0 radical (unpaired) electrons. The molecular formula is C13H14BrNO. The van der Waals surface area contributed by atoms with Crippen LogP contribution >= 0.6 is 15.9 Å². The molecule has 0 bridgehead atoms. The Bertz CT molecular complexity index is 426. The zero-order valence-electron chi connectivity index (χ0n) is 9.08. The largest absolute Gasteiger partial charge is 0.303 e. The van der Waals surface area contributed by atoms with E-state index in [0.717, 1.165) is 23.6 Å². The third-order valence-corrected chi connectivity index (χ3v) is 3.64. The van der Waals surface area contributed by atoms with Crippen molar-refractivity contribution in [3.05, 3.63) is 34.1 Å². The Balaban J connectivity index is 2.43. The van der Waals surface area contributed by atoms with Gasteiger partial charge in [-0.05, 0) is 58.8 Å². The second-order valence-corrected chi connectivity index (χ2v) is 4.87. The predicted molar refractivity (Wildman–Crippen MR) is 68.0 cm³/mol. The molecule has 1 heterocycles. The van der Waals surface area contributed by atoms with Crippen LogP contribution in [-0.4, -0.2) is 11.3 Å². The Hall–Kier alpha value is -0.960. The van der Waals surface area contributed by atoms with E-state index >= 15 is 0 Å². The monoisotopic (exact) mass is 279 g/mol. The summed E-state index contributed by atoms with van der Waals surface area (Å²) in [6.45, 7) is 0. The summed E-state index contributed by atoms with van der Waals surface area (Å²) in [5, 5.41) is 0. The highest BCUT2D eigenvalue weighted by Gasteiger charge is 2.15. The number of hydrogen-bond acceptors (Lipinski definition) is 2. The summed E-state index contributed by atoms with van der Waals surface area (Å²) in [5.41, 5.74) is 3.84. The average Bonchev–Trinajstić information content (AvgIpc) is 2.31. The summed E-state index contributed by atoms with van der Waals surface area (Å²) >= 11 is 3.53. The number of hydrogen-bond donors (Lipinski definition) is 0. The van der Waals surface area contributed by atoms with Crippen molar-refractivity contribution in [3.63, 3.8) is 0 Å². The van der Waals surface area contributed by atoms with Gasteiger partial charge in [-0.25, -0.2) is 0 Å². The summed E-state index contributed by atoms with van der Waals surface area (Å²) in [6, 6.07) is 2.02. The molecule has 1 aliphatic carbocycles. The highest BCUT2D eigenvalue weighted by atomic mass is 79.9. The van der Waals surface area contributed by atoms with E-state index in [2.05, 4.69) is 20.9 Å². The lowest BCUT2D eigenvalue weighted by Gasteiger charge is -2.20. The van der Waals surface area contributed by atoms with Crippen LogP contribution in [-0.2, 0) is 4.79 Å². The van der Waals surface area contributed by atoms with Crippen molar-refractivity contribution >= 4 is 27.8 Å². The van der Waals surface area contributed by atoms with E-state index in [1.54, 1.807) is 6.20 Å². The van der Waals surface area contributed by atoms with Crippen LogP contribution in [0.15, 0.2) is 28.5 Å². The fourth-order valence-electron chi connectivity index (χ4n) is 2.24. The summed E-state index contributed by atoms with van der Waals surface area (Å²) < 4.78 is 1.02. The molecule has 0 saturated heterocycles. The van der Waals surface area contributed by atoms with Gasteiger partial charge in [-0.3, -0.25) is 4.98 Å². The van der Waals surface area contributed by atoms with Crippen LogP contribution in [0, 0.1) is 0 Å². The summed E-state index contributed by atoms with van der Waals surface area (Å²) in [6.07, 6.45) is 9.76. The third kappa shape index (κ3) is 2.40. The SMILES string of the molecule is O=CCC1=C(c2ccncc2Br)CCCC1. The standard InChI is InChI=1S/C13H14BrNO/c14-13-9-15-7-5-12(13)11-4-2-1-3-10(11)6-8-16/h5,7-9H,1-4,6H2. The topological polar surface area (TPSA) is 30.0 Å². The molecule has 3 heteroatoms. The van der Waals surface area contributed by atoms with Gasteiger partial charge in [0, 0.05) is 23.3 Å². The maximum atomic E-state index is 10.7. The molecule has 1 aliphatic rings. The lowest BCUT2D eigenvalue weighted by atomic mass is 9.86. The van der Waals surface area contributed by atoms with Gasteiger partial charge in [0.05, 0.1) is 0 Å². The van der Waals surface area contributed by atoms with Crippen LogP contribution in [0.5, 0.6) is 0 Å². The van der Waals surface area contributed by atoms with Gasteiger partial charge in [-0.1, -0.05) is 5.57 Å². The second kappa shape index (κ2) is 5.39. The fourth-order valence-corrected chi connectivity index (χ4v) is 2.73. The molecule has 1 aromatic rings. The van der Waals surface area contributed by atoms with Gasteiger partial charge in [0.2, 0.25) is 0 Å². The fraction of sp³-hybridized carbons (Fsp3) is 0.385. The first-order valence-electron chi connectivity index (χ1n) is 5.57. The Kier molecular flexibility index (Phi) is 3.88. The molecule has 1 aromatic heterocycles. The molecule has 0 amide bonds. The Morgan fingerprint density at radius 3 is 2.94 bits per heavy atom. The molecule has 0 aliphatic heterocycles. The van der Waals surface area contributed by atoms with Gasteiger partial charge in [0.25, 0.3) is 0 Å². The van der Waals surface area contributed by atoms with Crippen molar-refractivity contribution in [1.29, 1.82) is 0 Å². The minimum atomic E-state index is 0.574. The van der Waals surface area contributed by atoms with Crippen LogP contribution in [0.2, 0.25) is 0 Å². The second-order valence-electron chi connectivity index (χ2n) is 4.02. The van der Waals surface area contributed by atoms with Crippen molar-refractivity contribution in [1.82, 2.24) is 4.98 Å². The van der Waals surface area contributed by atoms with Gasteiger partial charge in [0.15, 0.2) is 0 Å². The van der Waals surface area contributed by atoms with Crippen LogP contribution in [0.3, 0.4) is 0 Å². The first-order valence-corrected chi connectivity index (χ1v) is 6.36. The Labute approximate surface area is 104 Å². The quantitative estimate of drug-likeness (QED) is 0.789. The highest BCUT2D eigenvalue weighted by molar-refractivity contribution is 9.10. The molecule has 16 heavy (non-hydrogen) atoms. The molecule has 84 valence electrons. The van der Waals surface area contributed by atoms with Crippen LogP contribution < -0.4 is 0 Å². The summed E-state index contributed by atoms with van der Waals surface area (Å²) in [4.78, 5) is 14.7. The molecule has 0 atom stereocenters. The van der Waals surface area contributed by atoms with Gasteiger partial charge in [0.1, 0.15) is 6.29 Å². The Morgan fingerprint density at radius 2 is 2.19 bits per heavy atom. The lowest BCUT2D eigenvalue weighted by Crippen LogP contribution is -2.01. The molecular weight excluding hydrogens is 266 g/mol. The van der Waals surface area contributed by atoms with Gasteiger partial charge in [-0.15, -0.1) is 0 Å². The van der Waals surface area contributed by atoms with Gasteiger partial charge in [-0.2, -0.15) is 0 Å². The average molecular weight is 280 g/mol. The summed E-state index contributed by atoms with van der Waals surface area (Å²) in [5.74, 6) is 0. The van der Waals surface area contributed by atoms with E-state index in [4.69, 9.17) is 0 Å². The molecule has 0 spiro atoms. The lowest BCUT2D eigenvalue weighted by molar-refractivity contribution is -0.107. The minimum Gasteiger partial charge on any atom is -0.303 e. The number of rotatable bonds is 3. The molecule has 2 rings (SSSR count). The van der Waals surface area contributed by atoms with Crippen molar-refractivity contribution in [3.8, 4) is 0 Å². The zero-order chi connectivity index (χ0) is 11.4. The van der Waals surface area contributed by atoms with Crippen LogP contribution in [0.25, 0.3) is 5.57 Å². The number of carbonyl (C=O) groups excluding carboxylic acids is 1. The minimum absolute atomic E-state index is 0.574. The van der Waals surface area contributed by atoms with Gasteiger partial charge >= 0.3 is 0 Å². The van der Waals surface area contributed by atoms with E-state index in [9.17, 15) is 4.79 Å². The maximum Gasteiger partial charge on any atom is 0.124 e. The first kappa shape index (κ1) is 11.5. The van der Waals surface area contributed by atoms with Crippen molar-refractivity contribution in [2.45, 2.75) is 32.1 Å². The molecule has 2 nitrogen and oxygen atoms in total. The highest BCUT2D eigenvalue weighted by Crippen LogP contribution is 2.36. The van der Waals surface area contributed by atoms with Crippen molar-refractivity contribution < 1.29 is 4.79 Å². The Morgan fingerprint density at radius 1 is 1.38 bits per heavy atom. The van der Waals surface area contributed by atoms with Gasteiger partial charge < -0.3 is 4.79 Å². The van der Waals surface area contributed by atoms with E-state index in [-0.39, 0.29) is 0 Å². The number of aldehydes is 1. The molecule has 0 N–H and O–H groups in total. The summed E-state index contributed by atoms with van der Waals surface area (Å²) in [7, 11) is 0. The van der Waals surface area contributed by atoms with Crippen LogP contribution in [0.4, 0.5) is 0 Å². The maximum absolute atomic E-state index is 10.7. The molecule has 0 unspecified atom stereocenters. The van der Waals surface area contributed by atoms with E-state index in [1.165, 1.54) is 29.6 Å². The number of carbonyl (C=O) groups is 1. The van der Waals surface area contributed by atoms with Crippen LogP contribution in [0.1, 0.15) is 37.7 Å². The molecule has 0 saturated carbocycles. The molecule has 0 fully saturated rings.